The molecule has 5 heteroatoms. The van der Waals surface area contributed by atoms with Gasteiger partial charge in [-0.25, -0.2) is 0 Å². The lowest BCUT2D eigenvalue weighted by atomic mass is 9.95. The lowest BCUT2D eigenvalue weighted by Crippen LogP contribution is -2.38. The minimum absolute atomic E-state index is 0.0178. The van der Waals surface area contributed by atoms with Crippen molar-refractivity contribution in [2.24, 2.45) is 5.92 Å². The van der Waals surface area contributed by atoms with E-state index in [1.807, 2.05) is 9.80 Å². The van der Waals surface area contributed by atoms with Crippen LogP contribution in [0.4, 0.5) is 0 Å². The average molecular weight is 395 g/mol. The number of amides is 1. The molecule has 154 valence electrons. The number of benzene rings is 2. The second kappa shape index (κ2) is 9.70. The van der Waals surface area contributed by atoms with E-state index in [1.165, 1.54) is 11.1 Å². The summed E-state index contributed by atoms with van der Waals surface area (Å²) in [6, 6.07) is 16.8. The van der Waals surface area contributed by atoms with Gasteiger partial charge < -0.3 is 10.0 Å². The highest BCUT2D eigenvalue weighted by atomic mass is 16.4. The third-order valence-electron chi connectivity index (χ3n) is 5.47. The van der Waals surface area contributed by atoms with E-state index in [0.29, 0.717) is 26.1 Å². The highest BCUT2D eigenvalue weighted by Crippen LogP contribution is 2.23. The zero-order valence-electron chi connectivity index (χ0n) is 17.3. The molecule has 0 radical (unpaired) electrons. The van der Waals surface area contributed by atoms with Crippen LogP contribution in [0.25, 0.3) is 11.1 Å². The van der Waals surface area contributed by atoms with E-state index >= 15 is 0 Å². The number of rotatable bonds is 7. The highest BCUT2D eigenvalue weighted by molar-refractivity contribution is 5.80. The molecule has 1 saturated heterocycles. The van der Waals surface area contributed by atoms with E-state index in [2.05, 4.69) is 62.4 Å². The van der Waals surface area contributed by atoms with E-state index < -0.39 is 5.97 Å². The zero-order chi connectivity index (χ0) is 20.8. The Bertz CT molecular complexity index is 847. The topological polar surface area (TPSA) is 60.9 Å². The van der Waals surface area contributed by atoms with Gasteiger partial charge in [0.15, 0.2) is 0 Å². The van der Waals surface area contributed by atoms with Gasteiger partial charge in [-0.05, 0) is 36.5 Å². The number of carboxylic acid groups (broad SMARTS) is 1. The normalized spacial score (nSPS) is 17.9. The van der Waals surface area contributed by atoms with Crippen molar-refractivity contribution in [3.63, 3.8) is 0 Å². The van der Waals surface area contributed by atoms with Crippen LogP contribution in [0.15, 0.2) is 48.5 Å². The van der Waals surface area contributed by atoms with Crippen molar-refractivity contribution in [2.75, 3.05) is 32.7 Å². The molecule has 1 atom stereocenters. The van der Waals surface area contributed by atoms with Gasteiger partial charge in [-0.2, -0.15) is 0 Å². The molecule has 0 aliphatic carbocycles. The maximum atomic E-state index is 13.0. The van der Waals surface area contributed by atoms with Gasteiger partial charge in [0.05, 0.1) is 12.5 Å². The molecule has 1 amide bonds. The summed E-state index contributed by atoms with van der Waals surface area (Å²) in [7, 11) is 0. The summed E-state index contributed by atoms with van der Waals surface area (Å²) in [5, 5.41) is 9.19. The number of carbonyl (C=O) groups is 2. The summed E-state index contributed by atoms with van der Waals surface area (Å²) >= 11 is 0. The Morgan fingerprint density at radius 3 is 2.52 bits per heavy atom. The molecular weight excluding hydrogens is 364 g/mol. The molecule has 1 aliphatic rings. The molecule has 0 bridgehead atoms. The predicted octanol–water partition coefficient (Wildman–Crippen LogP) is 3.46. The minimum Gasteiger partial charge on any atom is -0.480 e. The number of nitrogens with zero attached hydrogens (tertiary/aromatic N) is 2. The van der Waals surface area contributed by atoms with Crippen molar-refractivity contribution in [2.45, 2.75) is 26.7 Å². The van der Waals surface area contributed by atoms with Crippen LogP contribution in [-0.2, 0) is 16.0 Å². The Hall–Kier alpha value is -2.66. The van der Waals surface area contributed by atoms with Gasteiger partial charge in [0.1, 0.15) is 0 Å². The van der Waals surface area contributed by atoms with Crippen molar-refractivity contribution in [3.8, 4) is 11.1 Å². The Kier molecular flexibility index (Phi) is 7.04. The van der Waals surface area contributed by atoms with Gasteiger partial charge in [0.2, 0.25) is 5.91 Å². The largest absolute Gasteiger partial charge is 0.480 e. The van der Waals surface area contributed by atoms with Crippen LogP contribution in [0.3, 0.4) is 0 Å². The molecule has 1 fully saturated rings. The van der Waals surface area contributed by atoms with Crippen molar-refractivity contribution in [3.05, 3.63) is 59.7 Å². The molecule has 2 aromatic rings. The summed E-state index contributed by atoms with van der Waals surface area (Å²) < 4.78 is 0. The standard InChI is InChI=1S/C24H30N2O3/c1-3-11-26-13-12-25(17-23(27)28)16-22(24(26)29)15-19-7-9-20(10-8-19)21-6-4-5-18(2)14-21/h4-10,14,22H,3,11-13,15-17H2,1-2H3,(H,27,28). The van der Waals surface area contributed by atoms with Crippen LogP contribution in [0.5, 0.6) is 0 Å². The average Bonchev–Trinajstić information content (AvgIpc) is 2.82. The smallest absolute Gasteiger partial charge is 0.317 e. The molecule has 1 N–H and O–H groups in total. The lowest BCUT2D eigenvalue weighted by molar-refractivity contribution is -0.139. The van der Waals surface area contributed by atoms with E-state index in [0.717, 1.165) is 24.1 Å². The molecular formula is C24H30N2O3. The zero-order valence-corrected chi connectivity index (χ0v) is 17.3. The van der Waals surface area contributed by atoms with Crippen molar-refractivity contribution < 1.29 is 14.7 Å². The summed E-state index contributed by atoms with van der Waals surface area (Å²) in [5.41, 5.74) is 4.67. The number of hydrogen-bond donors (Lipinski definition) is 1. The third-order valence-corrected chi connectivity index (χ3v) is 5.47. The van der Waals surface area contributed by atoms with Gasteiger partial charge in [-0.3, -0.25) is 14.5 Å². The molecule has 3 rings (SSSR count). The van der Waals surface area contributed by atoms with E-state index in [4.69, 9.17) is 0 Å². The Morgan fingerprint density at radius 1 is 1.10 bits per heavy atom. The number of aliphatic carboxylic acids is 1. The van der Waals surface area contributed by atoms with Crippen LogP contribution >= 0.6 is 0 Å². The third kappa shape index (κ3) is 5.67. The first kappa shape index (κ1) is 21.1. The summed E-state index contributed by atoms with van der Waals surface area (Å²) in [6.07, 6.45) is 1.53. The van der Waals surface area contributed by atoms with E-state index in [-0.39, 0.29) is 18.4 Å². The number of carbonyl (C=O) groups excluding carboxylic acids is 1. The minimum atomic E-state index is -0.845. The summed E-state index contributed by atoms with van der Waals surface area (Å²) in [6.45, 7) is 6.56. The Morgan fingerprint density at radius 2 is 1.86 bits per heavy atom. The van der Waals surface area contributed by atoms with E-state index in [9.17, 15) is 14.7 Å². The molecule has 29 heavy (non-hydrogen) atoms. The quantitative estimate of drug-likeness (QED) is 0.781. The molecule has 0 spiro atoms. The predicted molar refractivity (Wildman–Crippen MR) is 115 cm³/mol. The molecule has 1 aliphatic heterocycles. The monoisotopic (exact) mass is 394 g/mol. The van der Waals surface area contributed by atoms with Crippen LogP contribution < -0.4 is 0 Å². The van der Waals surface area contributed by atoms with Gasteiger partial charge in [-0.1, -0.05) is 61.0 Å². The molecule has 1 unspecified atom stereocenters. The molecule has 2 aromatic carbocycles. The molecule has 1 heterocycles. The first-order valence-corrected chi connectivity index (χ1v) is 10.3. The highest BCUT2D eigenvalue weighted by Gasteiger charge is 2.30. The fourth-order valence-electron chi connectivity index (χ4n) is 4.03. The fraction of sp³-hybridized carbons (Fsp3) is 0.417. The van der Waals surface area contributed by atoms with Crippen molar-refractivity contribution in [1.29, 1.82) is 0 Å². The van der Waals surface area contributed by atoms with Crippen molar-refractivity contribution >= 4 is 11.9 Å². The fourth-order valence-corrected chi connectivity index (χ4v) is 4.03. The maximum absolute atomic E-state index is 13.0. The van der Waals surface area contributed by atoms with E-state index in [1.54, 1.807) is 0 Å². The Balaban J connectivity index is 1.76. The van der Waals surface area contributed by atoms with Gasteiger partial charge in [0, 0.05) is 26.2 Å². The number of carboxylic acids is 1. The maximum Gasteiger partial charge on any atom is 0.317 e. The number of hydrogen-bond acceptors (Lipinski definition) is 3. The number of aryl methyl sites for hydroxylation is 1. The lowest BCUT2D eigenvalue weighted by Gasteiger charge is -2.23. The van der Waals surface area contributed by atoms with Gasteiger partial charge >= 0.3 is 5.97 Å². The second-order valence-corrected chi connectivity index (χ2v) is 7.92. The molecule has 5 nitrogen and oxygen atoms in total. The summed E-state index contributed by atoms with van der Waals surface area (Å²) in [4.78, 5) is 28.0. The SMILES string of the molecule is CCCN1CCN(CC(=O)O)CC(Cc2ccc(-c3cccc(C)c3)cc2)C1=O. The Labute approximate surface area is 172 Å². The van der Waals surface area contributed by atoms with Crippen LogP contribution in [0.2, 0.25) is 0 Å². The van der Waals surface area contributed by atoms with Crippen LogP contribution in [0.1, 0.15) is 24.5 Å². The molecule has 0 aromatic heterocycles. The summed E-state index contributed by atoms with van der Waals surface area (Å²) in [5.74, 6) is -0.918. The first-order chi connectivity index (χ1) is 14.0. The van der Waals surface area contributed by atoms with Gasteiger partial charge in [-0.15, -0.1) is 0 Å². The van der Waals surface area contributed by atoms with Gasteiger partial charge in [0.25, 0.3) is 0 Å². The first-order valence-electron chi connectivity index (χ1n) is 10.3. The van der Waals surface area contributed by atoms with Crippen LogP contribution in [0, 0.1) is 12.8 Å². The van der Waals surface area contributed by atoms with Crippen molar-refractivity contribution in [1.82, 2.24) is 9.80 Å². The second-order valence-electron chi connectivity index (χ2n) is 7.92. The molecule has 0 saturated carbocycles. The van der Waals surface area contributed by atoms with Crippen LogP contribution in [-0.4, -0.2) is 59.5 Å².